The van der Waals surface area contributed by atoms with Crippen molar-refractivity contribution in [3.05, 3.63) is 0 Å². The fraction of sp³-hybridized carbons (Fsp3) is 0.800. The first kappa shape index (κ1) is 12.0. The zero-order valence-corrected chi connectivity index (χ0v) is 9.16. The molecule has 86 valence electrons. The molecule has 1 aliphatic carbocycles. The molecule has 0 aromatic heterocycles. The van der Waals surface area contributed by atoms with E-state index in [9.17, 15) is 9.59 Å². The predicted octanol–water partition coefficient (Wildman–Crippen LogP) is -0.680. The van der Waals surface area contributed by atoms with Crippen LogP contribution in [0.1, 0.15) is 19.3 Å². The first-order chi connectivity index (χ1) is 7.15. The van der Waals surface area contributed by atoms with Gasteiger partial charge in [-0.15, -0.1) is 0 Å². The number of carbonyl (C=O) groups excluding carboxylic acids is 2. The van der Waals surface area contributed by atoms with Gasteiger partial charge in [-0.2, -0.15) is 0 Å². The van der Waals surface area contributed by atoms with Crippen LogP contribution in [0.2, 0.25) is 0 Å². The summed E-state index contributed by atoms with van der Waals surface area (Å²) in [5.74, 6) is -0.432. The van der Waals surface area contributed by atoms with Gasteiger partial charge in [0.05, 0.1) is 0 Å². The van der Waals surface area contributed by atoms with Crippen molar-refractivity contribution < 1.29 is 9.59 Å². The number of rotatable bonds is 4. The molecule has 3 N–H and O–H groups in total. The molecule has 2 amide bonds. The van der Waals surface area contributed by atoms with Gasteiger partial charge in [-0.25, -0.2) is 0 Å². The minimum absolute atomic E-state index is 0.349. The van der Waals surface area contributed by atoms with Crippen LogP contribution < -0.4 is 11.1 Å². The molecular weight excluding hydrogens is 194 g/mol. The van der Waals surface area contributed by atoms with Crippen LogP contribution in [0.15, 0.2) is 0 Å². The summed E-state index contributed by atoms with van der Waals surface area (Å²) >= 11 is 0. The lowest BCUT2D eigenvalue weighted by molar-refractivity contribution is -0.145. The maximum Gasteiger partial charge on any atom is 0.311 e. The van der Waals surface area contributed by atoms with E-state index in [1.807, 2.05) is 0 Å². The Labute approximate surface area is 90.0 Å². The normalized spacial score (nSPS) is 15.6. The van der Waals surface area contributed by atoms with Gasteiger partial charge in [0, 0.05) is 26.7 Å². The molecule has 1 saturated carbocycles. The van der Waals surface area contributed by atoms with Gasteiger partial charge in [-0.1, -0.05) is 6.42 Å². The zero-order chi connectivity index (χ0) is 11.3. The van der Waals surface area contributed by atoms with E-state index >= 15 is 0 Å². The lowest BCUT2D eigenvalue weighted by atomic mass is 9.85. The average Bonchev–Trinajstić information content (AvgIpc) is 2.18. The summed E-state index contributed by atoms with van der Waals surface area (Å²) in [4.78, 5) is 24.3. The molecule has 15 heavy (non-hydrogen) atoms. The van der Waals surface area contributed by atoms with Crippen molar-refractivity contribution in [2.45, 2.75) is 19.3 Å². The molecule has 0 aromatic carbocycles. The highest BCUT2D eigenvalue weighted by atomic mass is 16.2. The van der Waals surface area contributed by atoms with Gasteiger partial charge in [0.25, 0.3) is 0 Å². The topological polar surface area (TPSA) is 75.4 Å². The van der Waals surface area contributed by atoms with Crippen LogP contribution in [0.4, 0.5) is 0 Å². The highest BCUT2D eigenvalue weighted by molar-refractivity contribution is 6.34. The predicted molar refractivity (Wildman–Crippen MR) is 57.0 cm³/mol. The molecule has 0 atom stereocenters. The van der Waals surface area contributed by atoms with Crippen molar-refractivity contribution in [3.8, 4) is 0 Å². The molecule has 0 radical (unpaired) electrons. The van der Waals surface area contributed by atoms with Gasteiger partial charge in [-0.3, -0.25) is 9.59 Å². The van der Waals surface area contributed by atoms with Crippen LogP contribution in [0, 0.1) is 5.92 Å². The number of hydrogen-bond donors (Lipinski definition) is 2. The number of nitrogens with two attached hydrogens (primary N) is 1. The summed E-state index contributed by atoms with van der Waals surface area (Å²) in [6, 6.07) is 0. The molecule has 0 unspecified atom stereocenters. The van der Waals surface area contributed by atoms with Crippen LogP contribution >= 0.6 is 0 Å². The Morgan fingerprint density at radius 2 is 2.13 bits per heavy atom. The Bertz CT molecular complexity index is 239. The van der Waals surface area contributed by atoms with Crippen LogP contribution in [0.5, 0.6) is 0 Å². The number of hydrogen-bond acceptors (Lipinski definition) is 3. The maximum atomic E-state index is 11.5. The number of carbonyl (C=O) groups is 2. The van der Waals surface area contributed by atoms with E-state index in [1.165, 1.54) is 24.2 Å². The lowest BCUT2D eigenvalue weighted by Crippen LogP contribution is -2.44. The smallest absolute Gasteiger partial charge is 0.311 e. The molecule has 5 nitrogen and oxygen atoms in total. The van der Waals surface area contributed by atoms with Crippen molar-refractivity contribution in [2.24, 2.45) is 11.7 Å². The Hall–Kier alpha value is -1.10. The van der Waals surface area contributed by atoms with Crippen molar-refractivity contribution in [3.63, 3.8) is 0 Å². The van der Waals surface area contributed by atoms with E-state index < -0.39 is 11.8 Å². The SMILES string of the molecule is CN(CC1CCC1)C(=O)C(=O)NCCN. The van der Waals surface area contributed by atoms with Gasteiger partial charge in [-0.05, 0) is 18.8 Å². The standard InChI is InChI=1S/C10H19N3O2/c1-13(7-8-3-2-4-8)10(15)9(14)12-6-5-11/h8H,2-7,11H2,1H3,(H,12,14). The van der Waals surface area contributed by atoms with Crippen LogP contribution in [-0.4, -0.2) is 43.4 Å². The first-order valence-electron chi connectivity index (χ1n) is 5.38. The third-order valence-corrected chi connectivity index (χ3v) is 2.73. The molecule has 1 rings (SSSR count). The van der Waals surface area contributed by atoms with E-state index in [0.29, 0.717) is 25.6 Å². The second-order valence-corrected chi connectivity index (χ2v) is 4.03. The van der Waals surface area contributed by atoms with Crippen molar-refractivity contribution in [2.75, 3.05) is 26.7 Å². The van der Waals surface area contributed by atoms with E-state index in [1.54, 1.807) is 7.05 Å². The van der Waals surface area contributed by atoms with Crippen LogP contribution in [-0.2, 0) is 9.59 Å². The number of likely N-dealkylation sites (N-methyl/N-ethyl adjacent to an activating group) is 1. The summed E-state index contributed by atoms with van der Waals surface area (Å²) in [5, 5.41) is 2.47. The van der Waals surface area contributed by atoms with Gasteiger partial charge < -0.3 is 16.0 Å². The second-order valence-electron chi connectivity index (χ2n) is 4.03. The van der Waals surface area contributed by atoms with E-state index in [2.05, 4.69) is 5.32 Å². The summed E-state index contributed by atoms with van der Waals surface area (Å²) in [6.45, 7) is 1.39. The number of nitrogens with one attached hydrogen (secondary N) is 1. The molecule has 0 aliphatic heterocycles. The van der Waals surface area contributed by atoms with E-state index in [-0.39, 0.29) is 0 Å². The molecule has 0 aromatic rings. The zero-order valence-electron chi connectivity index (χ0n) is 9.16. The summed E-state index contributed by atoms with van der Waals surface area (Å²) in [6.07, 6.45) is 3.58. The Morgan fingerprint density at radius 3 is 2.60 bits per heavy atom. The largest absolute Gasteiger partial charge is 0.347 e. The molecule has 1 aliphatic rings. The Kier molecular flexibility index (Phi) is 4.55. The summed E-state index contributed by atoms with van der Waals surface area (Å²) in [7, 11) is 1.67. The molecular formula is C10H19N3O2. The Morgan fingerprint density at radius 1 is 1.47 bits per heavy atom. The fourth-order valence-electron chi connectivity index (χ4n) is 1.58. The highest BCUT2D eigenvalue weighted by Crippen LogP contribution is 2.26. The van der Waals surface area contributed by atoms with Crippen LogP contribution in [0.3, 0.4) is 0 Å². The quantitative estimate of drug-likeness (QED) is 0.608. The van der Waals surface area contributed by atoms with Gasteiger partial charge in [0.2, 0.25) is 0 Å². The third kappa shape index (κ3) is 3.51. The fourth-order valence-corrected chi connectivity index (χ4v) is 1.58. The molecule has 0 spiro atoms. The lowest BCUT2D eigenvalue weighted by Gasteiger charge is -2.29. The van der Waals surface area contributed by atoms with Crippen molar-refractivity contribution in [1.29, 1.82) is 0 Å². The average molecular weight is 213 g/mol. The number of nitrogens with zero attached hydrogens (tertiary/aromatic N) is 1. The third-order valence-electron chi connectivity index (χ3n) is 2.73. The highest BCUT2D eigenvalue weighted by Gasteiger charge is 2.24. The molecule has 0 saturated heterocycles. The molecule has 0 heterocycles. The monoisotopic (exact) mass is 213 g/mol. The summed E-state index contributed by atoms with van der Waals surface area (Å²) in [5.41, 5.74) is 5.22. The first-order valence-corrected chi connectivity index (χ1v) is 5.38. The van der Waals surface area contributed by atoms with Gasteiger partial charge in [0.1, 0.15) is 0 Å². The minimum atomic E-state index is -0.553. The minimum Gasteiger partial charge on any atom is -0.347 e. The van der Waals surface area contributed by atoms with Gasteiger partial charge in [0.15, 0.2) is 0 Å². The summed E-state index contributed by atoms with van der Waals surface area (Å²) < 4.78 is 0. The molecule has 1 fully saturated rings. The Balaban J connectivity index is 2.27. The molecule has 5 heteroatoms. The van der Waals surface area contributed by atoms with E-state index in [0.717, 1.165) is 0 Å². The number of amides is 2. The van der Waals surface area contributed by atoms with Crippen LogP contribution in [0.25, 0.3) is 0 Å². The van der Waals surface area contributed by atoms with Crippen molar-refractivity contribution >= 4 is 11.8 Å². The van der Waals surface area contributed by atoms with E-state index in [4.69, 9.17) is 5.73 Å². The maximum absolute atomic E-state index is 11.5. The second kappa shape index (κ2) is 5.70. The van der Waals surface area contributed by atoms with Gasteiger partial charge >= 0.3 is 11.8 Å². The molecule has 0 bridgehead atoms. The van der Waals surface area contributed by atoms with Crippen molar-refractivity contribution in [1.82, 2.24) is 10.2 Å².